The number of nitrogens with one attached hydrogen (secondary N) is 1. The van der Waals surface area contributed by atoms with E-state index in [0.717, 1.165) is 13.1 Å². The molecule has 1 saturated heterocycles. The summed E-state index contributed by atoms with van der Waals surface area (Å²) in [5.41, 5.74) is 0. The van der Waals surface area contributed by atoms with Gasteiger partial charge < -0.3 is 10.2 Å². The molecule has 0 spiro atoms. The number of nitriles is 1. The summed E-state index contributed by atoms with van der Waals surface area (Å²) < 4.78 is 0. The molecular formula is C10H18N4O. The molecular weight excluding hydrogens is 192 g/mol. The fourth-order valence-electron chi connectivity index (χ4n) is 1.60. The molecule has 1 unspecified atom stereocenters. The Morgan fingerprint density at radius 2 is 2.40 bits per heavy atom. The molecule has 1 amide bonds. The minimum absolute atomic E-state index is 0.0892. The van der Waals surface area contributed by atoms with E-state index < -0.39 is 0 Å². The van der Waals surface area contributed by atoms with Crippen LogP contribution in [0.2, 0.25) is 0 Å². The number of amides is 1. The van der Waals surface area contributed by atoms with Crippen LogP contribution >= 0.6 is 0 Å². The maximum atomic E-state index is 11.4. The highest BCUT2D eigenvalue weighted by Gasteiger charge is 2.21. The smallest absolute Gasteiger partial charge is 0.223 e. The fraction of sp³-hybridized carbons (Fsp3) is 0.800. The monoisotopic (exact) mass is 210 g/mol. The molecule has 1 aliphatic rings. The summed E-state index contributed by atoms with van der Waals surface area (Å²) in [5.74, 6) is 0.116. The van der Waals surface area contributed by atoms with Gasteiger partial charge in [-0.25, -0.2) is 0 Å². The average molecular weight is 210 g/mol. The Morgan fingerprint density at radius 1 is 1.67 bits per heavy atom. The van der Waals surface area contributed by atoms with Gasteiger partial charge in [0.25, 0.3) is 0 Å². The van der Waals surface area contributed by atoms with Crippen LogP contribution in [0.1, 0.15) is 6.42 Å². The summed E-state index contributed by atoms with van der Waals surface area (Å²) in [4.78, 5) is 15.0. The van der Waals surface area contributed by atoms with Gasteiger partial charge in [0.1, 0.15) is 6.04 Å². The van der Waals surface area contributed by atoms with E-state index in [2.05, 4.69) is 16.3 Å². The molecule has 0 aromatic rings. The second kappa shape index (κ2) is 5.69. The molecule has 1 N–H and O–H groups in total. The molecule has 1 fully saturated rings. The van der Waals surface area contributed by atoms with Crippen molar-refractivity contribution in [1.82, 2.24) is 15.1 Å². The normalized spacial score (nSPS) is 22.1. The lowest BCUT2D eigenvalue weighted by molar-refractivity contribution is -0.129. The van der Waals surface area contributed by atoms with Crippen molar-refractivity contribution in [3.05, 3.63) is 0 Å². The largest absolute Gasteiger partial charge is 0.349 e. The van der Waals surface area contributed by atoms with Crippen molar-refractivity contribution >= 4 is 5.91 Å². The van der Waals surface area contributed by atoms with Crippen LogP contribution in [0.5, 0.6) is 0 Å². The second-order valence-electron chi connectivity index (χ2n) is 3.92. The van der Waals surface area contributed by atoms with Crippen molar-refractivity contribution in [2.75, 3.05) is 40.3 Å². The quantitative estimate of drug-likeness (QED) is 0.666. The molecule has 0 aliphatic carbocycles. The average Bonchev–Trinajstić information content (AvgIpc) is 2.26. The topological polar surface area (TPSA) is 59.4 Å². The lowest BCUT2D eigenvalue weighted by Gasteiger charge is -2.31. The van der Waals surface area contributed by atoms with Gasteiger partial charge in [-0.2, -0.15) is 5.26 Å². The number of piperazine rings is 1. The van der Waals surface area contributed by atoms with E-state index in [4.69, 9.17) is 5.26 Å². The first-order valence-electron chi connectivity index (χ1n) is 5.19. The predicted molar refractivity (Wildman–Crippen MR) is 57.2 cm³/mol. The zero-order valence-electron chi connectivity index (χ0n) is 9.36. The van der Waals surface area contributed by atoms with E-state index in [0.29, 0.717) is 19.5 Å². The SMILES string of the molecule is CN(C)C(=O)CCN1CCNCC1C#N. The van der Waals surface area contributed by atoms with Gasteiger partial charge in [0.05, 0.1) is 6.07 Å². The number of hydrogen-bond donors (Lipinski definition) is 1. The molecule has 15 heavy (non-hydrogen) atoms. The van der Waals surface area contributed by atoms with Gasteiger partial charge in [0.2, 0.25) is 5.91 Å². The van der Waals surface area contributed by atoms with Crippen molar-refractivity contribution in [3.8, 4) is 6.07 Å². The minimum Gasteiger partial charge on any atom is -0.349 e. The summed E-state index contributed by atoms with van der Waals surface area (Å²) >= 11 is 0. The van der Waals surface area contributed by atoms with Crippen LogP contribution in [0.15, 0.2) is 0 Å². The van der Waals surface area contributed by atoms with Crippen molar-refractivity contribution in [3.63, 3.8) is 0 Å². The Balaban J connectivity index is 2.36. The molecule has 84 valence electrons. The summed E-state index contributed by atoms with van der Waals surface area (Å²) in [6, 6.07) is 2.16. The van der Waals surface area contributed by atoms with Crippen LogP contribution in [0.25, 0.3) is 0 Å². The summed E-state index contributed by atoms with van der Waals surface area (Å²) in [5, 5.41) is 12.1. The summed E-state index contributed by atoms with van der Waals surface area (Å²) in [6.07, 6.45) is 0.491. The number of carbonyl (C=O) groups excluding carboxylic acids is 1. The van der Waals surface area contributed by atoms with E-state index in [-0.39, 0.29) is 11.9 Å². The maximum Gasteiger partial charge on any atom is 0.223 e. The molecule has 1 atom stereocenters. The highest BCUT2D eigenvalue weighted by atomic mass is 16.2. The molecule has 0 saturated carbocycles. The predicted octanol–water partition coefficient (Wildman–Crippen LogP) is -0.738. The molecule has 1 aliphatic heterocycles. The molecule has 0 radical (unpaired) electrons. The van der Waals surface area contributed by atoms with E-state index >= 15 is 0 Å². The third-order valence-corrected chi connectivity index (χ3v) is 2.61. The van der Waals surface area contributed by atoms with Crippen LogP contribution < -0.4 is 5.32 Å². The lowest BCUT2D eigenvalue weighted by atomic mass is 10.2. The Labute approximate surface area is 90.6 Å². The standard InChI is InChI=1S/C10H18N4O/c1-13(2)10(15)3-5-14-6-4-12-8-9(14)7-11/h9,12H,3-6,8H2,1-2H3. The van der Waals surface area contributed by atoms with Crippen molar-refractivity contribution in [1.29, 1.82) is 5.26 Å². The van der Waals surface area contributed by atoms with Crippen LogP contribution in [-0.2, 0) is 4.79 Å². The molecule has 5 nitrogen and oxygen atoms in total. The van der Waals surface area contributed by atoms with Gasteiger partial charge in [0, 0.05) is 46.7 Å². The first-order chi connectivity index (χ1) is 7.15. The molecule has 0 aromatic carbocycles. The van der Waals surface area contributed by atoms with Gasteiger partial charge in [0.15, 0.2) is 0 Å². The maximum absolute atomic E-state index is 11.4. The van der Waals surface area contributed by atoms with E-state index in [9.17, 15) is 4.79 Å². The Kier molecular flexibility index (Phi) is 4.53. The third-order valence-electron chi connectivity index (χ3n) is 2.61. The highest BCUT2D eigenvalue weighted by molar-refractivity contribution is 5.75. The summed E-state index contributed by atoms with van der Waals surface area (Å²) in [6.45, 7) is 3.12. The molecule has 1 rings (SSSR count). The first kappa shape index (κ1) is 12.0. The van der Waals surface area contributed by atoms with Gasteiger partial charge in [-0.1, -0.05) is 0 Å². The summed E-state index contributed by atoms with van der Waals surface area (Å²) in [7, 11) is 3.50. The first-order valence-corrected chi connectivity index (χ1v) is 5.19. The van der Waals surface area contributed by atoms with Gasteiger partial charge in [-0.3, -0.25) is 9.69 Å². The number of rotatable bonds is 3. The van der Waals surface area contributed by atoms with Crippen molar-refractivity contribution < 1.29 is 4.79 Å². The molecule has 1 heterocycles. The number of nitrogens with zero attached hydrogens (tertiary/aromatic N) is 3. The Morgan fingerprint density at radius 3 is 3.00 bits per heavy atom. The molecule has 0 aromatic heterocycles. The van der Waals surface area contributed by atoms with Gasteiger partial charge in [-0.15, -0.1) is 0 Å². The fourth-order valence-corrected chi connectivity index (χ4v) is 1.60. The lowest BCUT2D eigenvalue weighted by Crippen LogP contribution is -2.51. The van der Waals surface area contributed by atoms with E-state index in [1.165, 1.54) is 0 Å². The minimum atomic E-state index is -0.0892. The van der Waals surface area contributed by atoms with Crippen LogP contribution in [0.4, 0.5) is 0 Å². The van der Waals surface area contributed by atoms with Gasteiger partial charge in [-0.05, 0) is 0 Å². The molecule has 5 heteroatoms. The number of hydrogen-bond acceptors (Lipinski definition) is 4. The Hall–Kier alpha value is -1.12. The Bertz CT molecular complexity index is 259. The zero-order chi connectivity index (χ0) is 11.3. The van der Waals surface area contributed by atoms with Crippen LogP contribution in [-0.4, -0.2) is 62.0 Å². The van der Waals surface area contributed by atoms with E-state index in [1.807, 2.05) is 0 Å². The van der Waals surface area contributed by atoms with Crippen molar-refractivity contribution in [2.45, 2.75) is 12.5 Å². The van der Waals surface area contributed by atoms with Crippen LogP contribution in [0.3, 0.4) is 0 Å². The van der Waals surface area contributed by atoms with Crippen LogP contribution in [0, 0.1) is 11.3 Å². The highest BCUT2D eigenvalue weighted by Crippen LogP contribution is 2.03. The second-order valence-corrected chi connectivity index (χ2v) is 3.92. The number of carbonyl (C=O) groups is 1. The van der Waals surface area contributed by atoms with E-state index in [1.54, 1.807) is 19.0 Å². The van der Waals surface area contributed by atoms with Gasteiger partial charge >= 0.3 is 0 Å². The molecule has 0 bridgehead atoms. The third kappa shape index (κ3) is 3.50. The zero-order valence-corrected chi connectivity index (χ0v) is 9.36. The van der Waals surface area contributed by atoms with Crippen molar-refractivity contribution in [2.24, 2.45) is 0 Å².